The zero-order valence-corrected chi connectivity index (χ0v) is 17.0. The molecule has 3 aromatic heterocycles. The minimum absolute atomic E-state index is 0.0511. The fourth-order valence-corrected chi connectivity index (χ4v) is 2.88. The fraction of sp³-hybridized carbons (Fsp3) is 0.200. The van der Waals surface area contributed by atoms with Crippen LogP contribution >= 0.6 is 11.6 Å². The molecule has 0 aliphatic carbocycles. The topological polar surface area (TPSA) is 93.8 Å². The Bertz CT molecular complexity index is 1100. The van der Waals surface area contributed by atoms with Crippen LogP contribution in [0, 0.1) is 17.9 Å². The summed E-state index contributed by atoms with van der Waals surface area (Å²) >= 11 is 6.01. The van der Waals surface area contributed by atoms with Crippen molar-refractivity contribution in [1.29, 1.82) is 0 Å². The number of nitrogens with zero attached hydrogens (tertiary/aromatic N) is 3. The molecule has 0 aromatic carbocycles. The van der Waals surface area contributed by atoms with E-state index in [0.29, 0.717) is 0 Å². The number of carbonyl (C=O) groups excluding carboxylic acids is 1. The molecule has 0 aliphatic rings. The summed E-state index contributed by atoms with van der Waals surface area (Å²) in [5.41, 5.74) is -0.373. The van der Waals surface area contributed by atoms with Crippen molar-refractivity contribution in [1.82, 2.24) is 9.97 Å². The van der Waals surface area contributed by atoms with Crippen LogP contribution in [0.25, 0.3) is 0 Å². The fourth-order valence-electron chi connectivity index (χ4n) is 2.67. The molecule has 162 valence electrons. The molecule has 7 nitrogen and oxygen atoms in total. The summed E-state index contributed by atoms with van der Waals surface area (Å²) in [6, 6.07) is 8.05. The van der Waals surface area contributed by atoms with Crippen LogP contribution in [-0.4, -0.2) is 22.4 Å². The lowest BCUT2D eigenvalue weighted by Gasteiger charge is -2.18. The highest BCUT2D eigenvalue weighted by atomic mass is 35.5. The van der Waals surface area contributed by atoms with Gasteiger partial charge < -0.3 is 10.5 Å². The highest BCUT2D eigenvalue weighted by Gasteiger charge is 2.35. The van der Waals surface area contributed by atoms with Gasteiger partial charge in [0.15, 0.2) is 18.2 Å². The Morgan fingerprint density at radius 1 is 1.19 bits per heavy atom. The third kappa shape index (κ3) is 5.21. The van der Waals surface area contributed by atoms with Gasteiger partial charge in [-0.2, -0.15) is 8.78 Å². The van der Waals surface area contributed by atoms with Crippen molar-refractivity contribution in [2.75, 3.05) is 17.2 Å². The summed E-state index contributed by atoms with van der Waals surface area (Å²) in [6.07, 6.45) is 2.03. The molecule has 3 aromatic rings. The average molecular weight is 452 g/mol. The molecule has 0 spiro atoms. The molecule has 2 N–H and O–H groups in total. The highest BCUT2D eigenvalue weighted by molar-refractivity contribution is 6.31. The van der Waals surface area contributed by atoms with E-state index in [1.54, 1.807) is 0 Å². The van der Waals surface area contributed by atoms with E-state index in [9.17, 15) is 23.2 Å². The van der Waals surface area contributed by atoms with Gasteiger partial charge in [0.2, 0.25) is 5.91 Å². The van der Waals surface area contributed by atoms with E-state index >= 15 is 0 Å². The molecule has 31 heavy (non-hydrogen) atoms. The van der Waals surface area contributed by atoms with Gasteiger partial charge in [-0.3, -0.25) is 15.1 Å². The Hall–Kier alpha value is -3.40. The Morgan fingerprint density at radius 3 is 2.68 bits per heavy atom. The highest BCUT2D eigenvalue weighted by Crippen LogP contribution is 2.26. The molecule has 0 unspecified atom stereocenters. The zero-order chi connectivity index (χ0) is 22.6. The third-order valence-corrected chi connectivity index (χ3v) is 4.67. The van der Waals surface area contributed by atoms with E-state index < -0.39 is 36.3 Å². The Morgan fingerprint density at radius 2 is 1.97 bits per heavy atom. The molecular weight excluding hydrogens is 435 g/mol. The van der Waals surface area contributed by atoms with Crippen LogP contribution in [0.4, 0.5) is 24.8 Å². The second-order valence-corrected chi connectivity index (χ2v) is 7.00. The Kier molecular flexibility index (Phi) is 6.59. The molecule has 0 radical (unpaired) electrons. The number of hydrogen-bond donors (Lipinski definition) is 2. The predicted octanol–water partition coefficient (Wildman–Crippen LogP) is 3.60. The second kappa shape index (κ2) is 9.17. The summed E-state index contributed by atoms with van der Waals surface area (Å²) in [5.74, 6) is -5.33. The van der Waals surface area contributed by atoms with Gasteiger partial charge in [0.05, 0.1) is 11.4 Å². The lowest BCUT2D eigenvalue weighted by Crippen LogP contribution is -2.39. The minimum atomic E-state index is -3.35. The molecule has 0 saturated carbocycles. The standard InChI is InChI=1S/C20H17ClF3N5O2/c1-12-7-9-26-19(18(12)22)28-17(30)10-14-13(21)5-6-16(29(14)31)27-11-20(23,24)15-4-2-3-8-25-15/h2-9,27H,10-11H2,1H3,(H,26,28,30). The van der Waals surface area contributed by atoms with Gasteiger partial charge in [-0.15, -0.1) is 0 Å². The molecule has 0 atom stereocenters. The first kappa shape index (κ1) is 22.3. The van der Waals surface area contributed by atoms with Crippen LogP contribution in [0.1, 0.15) is 17.0 Å². The van der Waals surface area contributed by atoms with Crippen LogP contribution in [-0.2, 0) is 17.1 Å². The van der Waals surface area contributed by atoms with Crippen molar-refractivity contribution < 1.29 is 22.7 Å². The van der Waals surface area contributed by atoms with Gasteiger partial charge in [-0.25, -0.2) is 14.1 Å². The number of rotatable bonds is 7. The number of amides is 1. The maximum Gasteiger partial charge on any atom is 0.325 e. The zero-order valence-electron chi connectivity index (χ0n) is 16.2. The van der Waals surface area contributed by atoms with Crippen molar-refractivity contribution in [2.45, 2.75) is 19.3 Å². The van der Waals surface area contributed by atoms with Crippen molar-refractivity contribution in [3.63, 3.8) is 0 Å². The van der Waals surface area contributed by atoms with E-state index in [-0.39, 0.29) is 32.6 Å². The van der Waals surface area contributed by atoms with Gasteiger partial charge in [0, 0.05) is 18.5 Å². The lowest BCUT2D eigenvalue weighted by atomic mass is 10.2. The van der Waals surface area contributed by atoms with Gasteiger partial charge in [-0.1, -0.05) is 17.7 Å². The van der Waals surface area contributed by atoms with Crippen LogP contribution in [0.3, 0.4) is 0 Å². The molecule has 3 rings (SSSR count). The van der Waals surface area contributed by atoms with Crippen molar-refractivity contribution in [2.24, 2.45) is 0 Å². The van der Waals surface area contributed by atoms with E-state index in [1.165, 1.54) is 55.7 Å². The molecular formula is C20H17ClF3N5O2. The van der Waals surface area contributed by atoms with Gasteiger partial charge in [0.1, 0.15) is 11.4 Å². The number of anilines is 2. The molecule has 0 aliphatic heterocycles. The maximum atomic E-state index is 14.3. The predicted molar refractivity (Wildman–Crippen MR) is 108 cm³/mol. The summed E-state index contributed by atoms with van der Waals surface area (Å²) in [6.45, 7) is 0.600. The van der Waals surface area contributed by atoms with Gasteiger partial charge in [0.25, 0.3) is 5.82 Å². The number of halogens is 4. The summed E-state index contributed by atoms with van der Waals surface area (Å²) in [7, 11) is 0. The first-order valence-corrected chi connectivity index (χ1v) is 9.42. The van der Waals surface area contributed by atoms with E-state index in [4.69, 9.17) is 11.6 Å². The lowest BCUT2D eigenvalue weighted by molar-refractivity contribution is -0.598. The Labute approximate surface area is 180 Å². The van der Waals surface area contributed by atoms with Crippen molar-refractivity contribution in [3.05, 3.63) is 81.8 Å². The van der Waals surface area contributed by atoms with Crippen LogP contribution in [0.5, 0.6) is 0 Å². The van der Waals surface area contributed by atoms with Crippen LogP contribution in [0.2, 0.25) is 5.02 Å². The summed E-state index contributed by atoms with van der Waals surface area (Å²) < 4.78 is 42.9. The van der Waals surface area contributed by atoms with Crippen molar-refractivity contribution >= 4 is 29.1 Å². The monoisotopic (exact) mass is 451 g/mol. The first-order valence-electron chi connectivity index (χ1n) is 9.04. The molecule has 0 saturated heterocycles. The Balaban J connectivity index is 1.74. The van der Waals surface area contributed by atoms with Gasteiger partial charge in [-0.05, 0) is 36.8 Å². The third-order valence-electron chi connectivity index (χ3n) is 4.33. The maximum absolute atomic E-state index is 14.3. The number of alkyl halides is 2. The molecule has 3 heterocycles. The number of hydrogen-bond acceptors (Lipinski definition) is 5. The smallest absolute Gasteiger partial charge is 0.325 e. The SMILES string of the molecule is Cc1ccnc(NC(=O)Cc2c(Cl)ccc(NCC(F)(F)c3ccccn3)[n+]2[O-])c1F. The summed E-state index contributed by atoms with van der Waals surface area (Å²) in [4.78, 5) is 19.7. The average Bonchev–Trinajstić information content (AvgIpc) is 2.74. The second-order valence-electron chi connectivity index (χ2n) is 6.60. The summed E-state index contributed by atoms with van der Waals surface area (Å²) in [5, 5.41) is 17.2. The van der Waals surface area contributed by atoms with E-state index in [0.717, 1.165) is 0 Å². The quantitative estimate of drug-likeness (QED) is 0.423. The molecule has 1 amide bonds. The van der Waals surface area contributed by atoms with Crippen molar-refractivity contribution in [3.8, 4) is 0 Å². The number of aromatic nitrogens is 3. The largest absolute Gasteiger partial charge is 0.710 e. The molecule has 0 fully saturated rings. The number of aryl methyl sites for hydroxylation is 1. The van der Waals surface area contributed by atoms with E-state index in [1.807, 2.05) is 0 Å². The number of carbonyl (C=O) groups is 1. The first-order chi connectivity index (χ1) is 14.7. The molecule has 0 bridgehead atoms. The van der Waals surface area contributed by atoms with E-state index in [2.05, 4.69) is 20.6 Å². The minimum Gasteiger partial charge on any atom is -0.710 e. The number of nitrogens with one attached hydrogen (secondary N) is 2. The molecule has 11 heteroatoms. The number of pyridine rings is 3. The van der Waals surface area contributed by atoms with Crippen LogP contribution in [0.15, 0.2) is 48.8 Å². The normalized spacial score (nSPS) is 11.3. The van der Waals surface area contributed by atoms with Gasteiger partial charge >= 0.3 is 5.92 Å². The van der Waals surface area contributed by atoms with Crippen LogP contribution < -0.4 is 15.4 Å².